The Morgan fingerprint density at radius 2 is 2.27 bits per heavy atom. The molecule has 1 atom stereocenters. The van der Waals surface area contributed by atoms with Gasteiger partial charge in [-0.15, -0.1) is 0 Å². The van der Waals surface area contributed by atoms with E-state index in [1.54, 1.807) is 19.2 Å². The zero-order chi connectivity index (χ0) is 16.0. The standard InChI is InChI=1S/C15H20N4O3/c1-4-8-15(2,14(20)21-3)17-10-12-18-13(19-22-12)11-7-5-6-9-16-11/h5-7,9,17H,4,8,10H2,1-3H3. The van der Waals surface area contributed by atoms with Crippen LogP contribution < -0.4 is 5.32 Å². The van der Waals surface area contributed by atoms with Crippen molar-refractivity contribution in [3.05, 3.63) is 30.3 Å². The predicted molar refractivity (Wildman–Crippen MR) is 79.7 cm³/mol. The third-order valence-electron chi connectivity index (χ3n) is 3.38. The van der Waals surface area contributed by atoms with Crippen molar-refractivity contribution in [2.24, 2.45) is 0 Å². The van der Waals surface area contributed by atoms with E-state index in [1.165, 1.54) is 7.11 Å². The number of aromatic nitrogens is 3. The molecule has 22 heavy (non-hydrogen) atoms. The number of nitrogens with one attached hydrogen (secondary N) is 1. The summed E-state index contributed by atoms with van der Waals surface area (Å²) in [6, 6.07) is 5.47. The number of carbonyl (C=O) groups excluding carboxylic acids is 1. The van der Waals surface area contributed by atoms with Crippen molar-refractivity contribution in [2.75, 3.05) is 7.11 Å². The second-order valence-corrected chi connectivity index (χ2v) is 5.15. The molecule has 0 aliphatic rings. The average molecular weight is 304 g/mol. The molecule has 7 nitrogen and oxygen atoms in total. The summed E-state index contributed by atoms with van der Waals surface area (Å²) in [7, 11) is 1.38. The van der Waals surface area contributed by atoms with Gasteiger partial charge in [-0.05, 0) is 25.5 Å². The summed E-state index contributed by atoms with van der Waals surface area (Å²) in [4.78, 5) is 20.3. The maximum atomic E-state index is 11.9. The van der Waals surface area contributed by atoms with E-state index in [2.05, 4.69) is 20.4 Å². The Bertz CT molecular complexity index is 614. The summed E-state index contributed by atoms with van der Waals surface area (Å²) >= 11 is 0. The molecule has 0 saturated heterocycles. The van der Waals surface area contributed by atoms with Crippen LogP contribution in [0.1, 0.15) is 32.6 Å². The molecule has 2 heterocycles. The number of hydrogen-bond donors (Lipinski definition) is 1. The highest BCUT2D eigenvalue weighted by Crippen LogP contribution is 2.16. The van der Waals surface area contributed by atoms with Gasteiger partial charge in [0.25, 0.3) is 0 Å². The summed E-state index contributed by atoms with van der Waals surface area (Å²) in [6.45, 7) is 4.10. The van der Waals surface area contributed by atoms with Crippen LogP contribution in [0.4, 0.5) is 0 Å². The zero-order valence-electron chi connectivity index (χ0n) is 13.0. The van der Waals surface area contributed by atoms with Crippen LogP contribution in [-0.2, 0) is 16.1 Å². The maximum Gasteiger partial charge on any atom is 0.325 e. The van der Waals surface area contributed by atoms with Crippen LogP contribution in [0.15, 0.2) is 28.9 Å². The topological polar surface area (TPSA) is 90.1 Å². The lowest BCUT2D eigenvalue weighted by Crippen LogP contribution is -2.49. The molecular formula is C15H20N4O3. The van der Waals surface area contributed by atoms with Crippen molar-refractivity contribution < 1.29 is 14.1 Å². The molecule has 0 aliphatic heterocycles. The second-order valence-electron chi connectivity index (χ2n) is 5.15. The molecule has 0 aliphatic carbocycles. The van der Waals surface area contributed by atoms with Crippen molar-refractivity contribution in [2.45, 2.75) is 38.8 Å². The molecule has 2 rings (SSSR count). The maximum absolute atomic E-state index is 11.9. The molecule has 0 radical (unpaired) electrons. The van der Waals surface area contributed by atoms with Crippen LogP contribution in [0.25, 0.3) is 11.5 Å². The van der Waals surface area contributed by atoms with E-state index in [0.29, 0.717) is 23.8 Å². The Morgan fingerprint density at radius 1 is 1.45 bits per heavy atom. The van der Waals surface area contributed by atoms with Crippen LogP contribution >= 0.6 is 0 Å². The molecule has 0 amide bonds. The van der Waals surface area contributed by atoms with Gasteiger partial charge < -0.3 is 9.26 Å². The average Bonchev–Trinajstić information content (AvgIpc) is 3.02. The predicted octanol–water partition coefficient (Wildman–Crippen LogP) is 1.95. The first kappa shape index (κ1) is 16.1. The molecule has 118 valence electrons. The largest absolute Gasteiger partial charge is 0.468 e. The monoisotopic (exact) mass is 304 g/mol. The van der Waals surface area contributed by atoms with E-state index < -0.39 is 5.54 Å². The van der Waals surface area contributed by atoms with E-state index in [1.807, 2.05) is 19.1 Å². The van der Waals surface area contributed by atoms with Gasteiger partial charge in [0.05, 0.1) is 13.7 Å². The van der Waals surface area contributed by atoms with Gasteiger partial charge in [0.2, 0.25) is 11.7 Å². The summed E-state index contributed by atoms with van der Waals surface area (Å²) in [5.41, 5.74) is -0.134. The number of carbonyl (C=O) groups is 1. The van der Waals surface area contributed by atoms with Crippen LogP contribution in [0.2, 0.25) is 0 Å². The summed E-state index contributed by atoms with van der Waals surface area (Å²) in [5, 5.41) is 7.03. The number of methoxy groups -OCH3 is 1. The fourth-order valence-electron chi connectivity index (χ4n) is 2.18. The fourth-order valence-corrected chi connectivity index (χ4v) is 2.18. The van der Waals surface area contributed by atoms with Gasteiger partial charge in [-0.25, -0.2) is 0 Å². The zero-order valence-corrected chi connectivity index (χ0v) is 13.0. The number of ether oxygens (including phenoxy) is 1. The fraction of sp³-hybridized carbons (Fsp3) is 0.467. The highest BCUT2D eigenvalue weighted by atomic mass is 16.5. The normalized spacial score (nSPS) is 13.6. The smallest absolute Gasteiger partial charge is 0.325 e. The van der Waals surface area contributed by atoms with Crippen LogP contribution in [0.3, 0.4) is 0 Å². The number of esters is 1. The van der Waals surface area contributed by atoms with Gasteiger partial charge in [0.15, 0.2) is 0 Å². The van der Waals surface area contributed by atoms with Crippen molar-refractivity contribution in [1.82, 2.24) is 20.4 Å². The minimum Gasteiger partial charge on any atom is -0.468 e. The van der Waals surface area contributed by atoms with E-state index >= 15 is 0 Å². The highest BCUT2D eigenvalue weighted by Gasteiger charge is 2.33. The van der Waals surface area contributed by atoms with Gasteiger partial charge in [0.1, 0.15) is 11.2 Å². The lowest BCUT2D eigenvalue weighted by molar-refractivity contribution is -0.148. The minimum absolute atomic E-state index is 0.283. The third kappa shape index (κ3) is 3.67. The Hall–Kier alpha value is -2.28. The SMILES string of the molecule is CCCC(C)(NCc1nc(-c2ccccn2)no1)C(=O)OC. The van der Waals surface area contributed by atoms with Crippen molar-refractivity contribution in [3.8, 4) is 11.5 Å². The first-order chi connectivity index (χ1) is 10.6. The van der Waals surface area contributed by atoms with E-state index in [-0.39, 0.29) is 12.5 Å². The van der Waals surface area contributed by atoms with Gasteiger partial charge in [-0.1, -0.05) is 24.6 Å². The Labute approximate surface area is 129 Å². The summed E-state index contributed by atoms with van der Waals surface area (Å²) in [6.07, 6.45) is 3.17. The lowest BCUT2D eigenvalue weighted by Gasteiger charge is -2.26. The Morgan fingerprint density at radius 3 is 2.91 bits per heavy atom. The first-order valence-electron chi connectivity index (χ1n) is 7.16. The summed E-state index contributed by atoms with van der Waals surface area (Å²) < 4.78 is 10.0. The van der Waals surface area contributed by atoms with Gasteiger partial charge in [-0.3, -0.25) is 15.1 Å². The van der Waals surface area contributed by atoms with E-state index in [9.17, 15) is 4.79 Å². The number of pyridine rings is 1. The lowest BCUT2D eigenvalue weighted by atomic mass is 9.96. The molecule has 0 aromatic carbocycles. The van der Waals surface area contributed by atoms with Gasteiger partial charge >= 0.3 is 5.97 Å². The number of hydrogen-bond acceptors (Lipinski definition) is 7. The number of rotatable bonds is 7. The highest BCUT2D eigenvalue weighted by molar-refractivity contribution is 5.80. The number of nitrogens with zero attached hydrogens (tertiary/aromatic N) is 3. The molecule has 0 bridgehead atoms. The van der Waals surface area contributed by atoms with Crippen LogP contribution in [0, 0.1) is 0 Å². The molecule has 0 saturated carbocycles. The molecule has 7 heteroatoms. The Balaban J connectivity index is 2.05. The van der Waals surface area contributed by atoms with Gasteiger partial charge in [0, 0.05) is 6.20 Å². The van der Waals surface area contributed by atoms with Crippen LogP contribution in [0.5, 0.6) is 0 Å². The van der Waals surface area contributed by atoms with Crippen molar-refractivity contribution >= 4 is 5.97 Å². The minimum atomic E-state index is -0.775. The molecule has 0 fully saturated rings. The summed E-state index contributed by atoms with van der Waals surface area (Å²) in [5.74, 6) is 0.512. The van der Waals surface area contributed by atoms with Crippen molar-refractivity contribution in [3.63, 3.8) is 0 Å². The Kier molecular flexibility index (Phi) is 5.21. The van der Waals surface area contributed by atoms with E-state index in [4.69, 9.17) is 9.26 Å². The molecule has 0 spiro atoms. The molecule has 2 aromatic heterocycles. The molecular weight excluding hydrogens is 284 g/mol. The second kappa shape index (κ2) is 7.13. The molecule has 2 aromatic rings. The van der Waals surface area contributed by atoms with Crippen LogP contribution in [-0.4, -0.2) is 33.7 Å². The van der Waals surface area contributed by atoms with Crippen molar-refractivity contribution in [1.29, 1.82) is 0 Å². The molecule has 1 unspecified atom stereocenters. The van der Waals surface area contributed by atoms with E-state index in [0.717, 1.165) is 6.42 Å². The molecule has 1 N–H and O–H groups in total. The third-order valence-corrected chi connectivity index (χ3v) is 3.38. The van der Waals surface area contributed by atoms with Gasteiger partial charge in [-0.2, -0.15) is 4.98 Å². The first-order valence-corrected chi connectivity index (χ1v) is 7.16. The quantitative estimate of drug-likeness (QED) is 0.782.